The van der Waals surface area contributed by atoms with Gasteiger partial charge in [0.1, 0.15) is 17.5 Å². The van der Waals surface area contributed by atoms with Crippen LogP contribution in [0.15, 0.2) is 66.7 Å². The molecular formula is C28H25F3N2O. The molecule has 34 heavy (non-hydrogen) atoms. The number of piperidine rings is 1. The van der Waals surface area contributed by atoms with Crippen LogP contribution in [0.1, 0.15) is 49.8 Å². The van der Waals surface area contributed by atoms with E-state index in [0.717, 1.165) is 5.56 Å². The molecule has 0 saturated carbocycles. The third-order valence-electron chi connectivity index (χ3n) is 6.91. The third-order valence-corrected chi connectivity index (χ3v) is 6.91. The van der Waals surface area contributed by atoms with Gasteiger partial charge in [-0.3, -0.25) is 4.79 Å². The molecule has 6 heteroatoms. The molecule has 0 N–H and O–H groups in total. The van der Waals surface area contributed by atoms with E-state index in [1.807, 2.05) is 6.92 Å². The zero-order valence-corrected chi connectivity index (χ0v) is 18.9. The Morgan fingerprint density at radius 2 is 1.65 bits per heavy atom. The number of nitrogens with zero attached hydrogens (tertiary/aromatic N) is 2. The van der Waals surface area contributed by atoms with Gasteiger partial charge < -0.3 is 4.90 Å². The van der Waals surface area contributed by atoms with Crippen molar-refractivity contribution in [3.63, 3.8) is 0 Å². The topological polar surface area (TPSA) is 44.1 Å². The Morgan fingerprint density at radius 3 is 2.24 bits per heavy atom. The Morgan fingerprint density at radius 1 is 1.00 bits per heavy atom. The molecule has 1 heterocycles. The van der Waals surface area contributed by atoms with Crippen molar-refractivity contribution in [2.24, 2.45) is 0 Å². The fourth-order valence-corrected chi connectivity index (χ4v) is 4.89. The highest BCUT2D eigenvalue weighted by atomic mass is 19.1. The summed E-state index contributed by atoms with van der Waals surface area (Å²) in [7, 11) is 0. The number of amides is 1. The van der Waals surface area contributed by atoms with Crippen LogP contribution in [0, 0.1) is 28.8 Å². The van der Waals surface area contributed by atoms with Gasteiger partial charge in [0.2, 0.25) is 5.91 Å². The van der Waals surface area contributed by atoms with E-state index in [1.54, 1.807) is 29.2 Å². The number of likely N-dealkylation sites (tertiary alicyclic amines) is 1. The van der Waals surface area contributed by atoms with Gasteiger partial charge in [-0.1, -0.05) is 36.4 Å². The molecule has 174 valence electrons. The Bertz CT molecular complexity index is 1220. The van der Waals surface area contributed by atoms with Gasteiger partial charge in [-0.05, 0) is 66.8 Å². The largest absolute Gasteiger partial charge is 0.336 e. The first kappa shape index (κ1) is 23.6. The Kier molecular flexibility index (Phi) is 6.74. The predicted octanol–water partition coefficient (Wildman–Crippen LogP) is 6.70. The molecule has 4 rings (SSSR count). The summed E-state index contributed by atoms with van der Waals surface area (Å²) in [6.07, 6.45) is 1.66. The number of hydrogen-bond donors (Lipinski definition) is 0. The average molecular weight is 463 g/mol. The standard InChI is InChI=1S/C28H25F3N2O/c1-19(21-5-12-25(26(31)17-21)20-3-8-23(29)9-4-20)33-16-14-28(13-2-15-32,18-27(33)34)22-6-10-24(30)11-7-22/h3-12,17,19H,2,13-14,16,18H2,1H3/t19-,28+/m0/s1. The van der Waals surface area contributed by atoms with Crippen molar-refractivity contribution in [1.82, 2.24) is 4.90 Å². The summed E-state index contributed by atoms with van der Waals surface area (Å²) in [4.78, 5) is 15.0. The van der Waals surface area contributed by atoms with Crippen LogP contribution in [-0.2, 0) is 10.2 Å². The Labute approximate surface area is 197 Å². The van der Waals surface area contributed by atoms with Crippen molar-refractivity contribution in [2.75, 3.05) is 6.54 Å². The molecule has 0 aliphatic carbocycles. The van der Waals surface area contributed by atoms with Crippen molar-refractivity contribution in [1.29, 1.82) is 5.26 Å². The van der Waals surface area contributed by atoms with E-state index >= 15 is 0 Å². The quantitative estimate of drug-likeness (QED) is 0.409. The lowest BCUT2D eigenvalue weighted by atomic mass is 9.69. The summed E-state index contributed by atoms with van der Waals surface area (Å²) >= 11 is 0. The number of carbonyl (C=O) groups excluding carboxylic acids is 1. The summed E-state index contributed by atoms with van der Waals surface area (Å²) in [6.45, 7) is 2.31. The number of rotatable bonds is 6. The van der Waals surface area contributed by atoms with Crippen molar-refractivity contribution < 1.29 is 18.0 Å². The van der Waals surface area contributed by atoms with Gasteiger partial charge >= 0.3 is 0 Å². The maximum Gasteiger partial charge on any atom is 0.223 e. The van der Waals surface area contributed by atoms with E-state index in [-0.39, 0.29) is 30.0 Å². The van der Waals surface area contributed by atoms with Gasteiger partial charge in [0.05, 0.1) is 12.1 Å². The Hall–Kier alpha value is -3.59. The fourth-order valence-electron chi connectivity index (χ4n) is 4.89. The second-order valence-corrected chi connectivity index (χ2v) is 8.88. The molecule has 1 aliphatic heterocycles. The highest BCUT2D eigenvalue weighted by Crippen LogP contribution is 2.42. The molecule has 0 aromatic heterocycles. The summed E-state index contributed by atoms with van der Waals surface area (Å²) in [6, 6.07) is 18.5. The molecule has 1 fully saturated rings. The van der Waals surface area contributed by atoms with Gasteiger partial charge in [0, 0.05) is 30.4 Å². The van der Waals surface area contributed by atoms with Crippen molar-refractivity contribution in [3.05, 3.63) is 95.3 Å². The van der Waals surface area contributed by atoms with Crippen LogP contribution >= 0.6 is 0 Å². The lowest BCUT2D eigenvalue weighted by Gasteiger charge is -2.44. The first-order valence-corrected chi connectivity index (χ1v) is 11.3. The number of nitriles is 1. The first-order chi connectivity index (χ1) is 16.3. The lowest BCUT2D eigenvalue weighted by Crippen LogP contribution is -2.47. The van der Waals surface area contributed by atoms with E-state index in [1.165, 1.54) is 42.5 Å². The molecule has 2 atom stereocenters. The second kappa shape index (κ2) is 9.72. The van der Waals surface area contributed by atoms with Crippen LogP contribution in [0.25, 0.3) is 11.1 Å². The van der Waals surface area contributed by atoms with E-state index < -0.39 is 11.2 Å². The van der Waals surface area contributed by atoms with E-state index in [9.17, 15) is 18.0 Å². The summed E-state index contributed by atoms with van der Waals surface area (Å²) < 4.78 is 41.6. The minimum atomic E-state index is -0.519. The maximum absolute atomic E-state index is 14.9. The van der Waals surface area contributed by atoms with Gasteiger partial charge in [-0.2, -0.15) is 5.26 Å². The normalized spacial score (nSPS) is 19.0. The van der Waals surface area contributed by atoms with Crippen LogP contribution in [0.5, 0.6) is 0 Å². The minimum Gasteiger partial charge on any atom is -0.336 e. The lowest BCUT2D eigenvalue weighted by molar-refractivity contribution is -0.138. The van der Waals surface area contributed by atoms with Crippen LogP contribution in [0.3, 0.4) is 0 Å². The van der Waals surface area contributed by atoms with Crippen LogP contribution in [0.4, 0.5) is 13.2 Å². The molecule has 3 aromatic carbocycles. The molecule has 0 unspecified atom stereocenters. The van der Waals surface area contributed by atoms with Crippen molar-refractivity contribution in [3.8, 4) is 17.2 Å². The zero-order valence-electron chi connectivity index (χ0n) is 18.9. The molecule has 0 bridgehead atoms. The van der Waals surface area contributed by atoms with Crippen molar-refractivity contribution in [2.45, 2.75) is 44.1 Å². The molecule has 3 aromatic rings. The highest BCUT2D eigenvalue weighted by molar-refractivity contribution is 5.79. The molecule has 0 spiro atoms. The predicted molar refractivity (Wildman–Crippen MR) is 124 cm³/mol. The van der Waals surface area contributed by atoms with Gasteiger partial charge in [0.15, 0.2) is 0 Å². The van der Waals surface area contributed by atoms with Crippen molar-refractivity contribution >= 4 is 5.91 Å². The highest BCUT2D eigenvalue weighted by Gasteiger charge is 2.41. The van der Waals surface area contributed by atoms with Gasteiger partial charge in [-0.15, -0.1) is 0 Å². The van der Waals surface area contributed by atoms with E-state index in [0.29, 0.717) is 42.5 Å². The Balaban J connectivity index is 1.55. The second-order valence-electron chi connectivity index (χ2n) is 8.88. The number of hydrogen-bond acceptors (Lipinski definition) is 2. The molecule has 1 amide bonds. The minimum absolute atomic E-state index is 0.0796. The van der Waals surface area contributed by atoms with Crippen LogP contribution < -0.4 is 0 Å². The first-order valence-electron chi connectivity index (χ1n) is 11.3. The van der Waals surface area contributed by atoms with Gasteiger partial charge in [0.25, 0.3) is 0 Å². The van der Waals surface area contributed by atoms with Crippen LogP contribution in [-0.4, -0.2) is 17.4 Å². The van der Waals surface area contributed by atoms with E-state index in [4.69, 9.17) is 5.26 Å². The zero-order chi connectivity index (χ0) is 24.3. The fraction of sp³-hybridized carbons (Fsp3) is 0.286. The smallest absolute Gasteiger partial charge is 0.223 e. The number of halogens is 3. The summed E-state index contributed by atoms with van der Waals surface area (Å²) in [5.41, 5.74) is 1.96. The monoisotopic (exact) mass is 462 g/mol. The molecule has 0 radical (unpaired) electrons. The SMILES string of the molecule is C[C@@H](c1ccc(-c2ccc(F)cc2)c(F)c1)N1CC[C@@](CCC#N)(c2ccc(F)cc2)CC1=O. The number of benzene rings is 3. The molecular weight excluding hydrogens is 437 g/mol. The summed E-state index contributed by atoms with van der Waals surface area (Å²) in [5.74, 6) is -1.24. The summed E-state index contributed by atoms with van der Waals surface area (Å²) in [5, 5.41) is 9.14. The van der Waals surface area contributed by atoms with Crippen LogP contribution in [0.2, 0.25) is 0 Å². The third kappa shape index (κ3) is 4.70. The van der Waals surface area contributed by atoms with E-state index in [2.05, 4.69) is 6.07 Å². The van der Waals surface area contributed by atoms with Gasteiger partial charge in [-0.25, -0.2) is 13.2 Å². The number of carbonyl (C=O) groups is 1. The average Bonchev–Trinajstić information content (AvgIpc) is 2.83. The maximum atomic E-state index is 14.9. The molecule has 1 saturated heterocycles. The molecule has 3 nitrogen and oxygen atoms in total. The molecule has 1 aliphatic rings.